The largest absolute Gasteiger partial charge is 0.492 e. The van der Waals surface area contributed by atoms with Crippen LogP contribution in [0.25, 0.3) is 6.08 Å². The summed E-state index contributed by atoms with van der Waals surface area (Å²) in [6.45, 7) is 3.83. The summed E-state index contributed by atoms with van der Waals surface area (Å²) >= 11 is 1.32. The highest BCUT2D eigenvalue weighted by Crippen LogP contribution is 2.55. The molecule has 4 heterocycles. The molecule has 166 valence electrons. The van der Waals surface area contributed by atoms with Crippen molar-refractivity contribution in [1.82, 2.24) is 4.90 Å². The molecular formula is C25H25FN2O3S. The van der Waals surface area contributed by atoms with Crippen LogP contribution in [0.1, 0.15) is 46.7 Å². The first-order valence-electron chi connectivity index (χ1n) is 11.2. The molecule has 2 aromatic carbocycles. The zero-order valence-electron chi connectivity index (χ0n) is 17.6. The van der Waals surface area contributed by atoms with E-state index in [2.05, 4.69) is 15.7 Å². The lowest BCUT2D eigenvalue weighted by atomic mass is 9.83. The minimum atomic E-state index is -1.00. The number of benzene rings is 2. The smallest absolute Gasteiger partial charge is 0.341 e. The van der Waals surface area contributed by atoms with Crippen molar-refractivity contribution in [2.24, 2.45) is 11.8 Å². The quantitative estimate of drug-likeness (QED) is 0.605. The van der Waals surface area contributed by atoms with Gasteiger partial charge in [-0.2, -0.15) is 0 Å². The number of ether oxygens (including phenoxy) is 1. The van der Waals surface area contributed by atoms with E-state index < -0.39 is 5.97 Å². The fourth-order valence-electron chi connectivity index (χ4n) is 5.39. The Morgan fingerprint density at radius 3 is 2.84 bits per heavy atom. The number of fused-ring (bicyclic) bond motifs is 6. The lowest BCUT2D eigenvalue weighted by Gasteiger charge is -2.41. The molecule has 7 rings (SSSR count). The van der Waals surface area contributed by atoms with Crippen molar-refractivity contribution in [1.29, 1.82) is 0 Å². The van der Waals surface area contributed by atoms with Gasteiger partial charge in [0.15, 0.2) is 0 Å². The Labute approximate surface area is 190 Å². The Morgan fingerprint density at radius 2 is 2.09 bits per heavy atom. The Balaban J connectivity index is 1.29. The van der Waals surface area contributed by atoms with E-state index in [4.69, 9.17) is 4.74 Å². The van der Waals surface area contributed by atoms with Crippen molar-refractivity contribution in [3.05, 3.63) is 58.4 Å². The molecular weight excluding hydrogens is 427 g/mol. The van der Waals surface area contributed by atoms with Gasteiger partial charge in [0.05, 0.1) is 12.3 Å². The van der Waals surface area contributed by atoms with Crippen LogP contribution in [0.15, 0.2) is 40.8 Å². The van der Waals surface area contributed by atoms with Crippen LogP contribution in [0.4, 0.5) is 10.1 Å². The monoisotopic (exact) mass is 452 g/mol. The average molecular weight is 453 g/mol. The number of carboxylic acids is 1. The molecule has 0 amide bonds. The van der Waals surface area contributed by atoms with E-state index in [1.807, 2.05) is 12.1 Å². The maximum atomic E-state index is 14.1. The van der Waals surface area contributed by atoms with Gasteiger partial charge in [0.2, 0.25) is 0 Å². The van der Waals surface area contributed by atoms with Crippen LogP contribution >= 0.6 is 11.9 Å². The molecule has 2 bridgehead atoms. The fourth-order valence-corrected chi connectivity index (χ4v) is 6.16. The van der Waals surface area contributed by atoms with Gasteiger partial charge in [-0.15, -0.1) is 0 Å². The van der Waals surface area contributed by atoms with Gasteiger partial charge < -0.3 is 14.6 Å². The molecule has 0 aromatic heterocycles. The number of aromatic carboxylic acids is 1. The molecule has 1 unspecified atom stereocenters. The van der Waals surface area contributed by atoms with Crippen LogP contribution in [-0.4, -0.2) is 42.2 Å². The van der Waals surface area contributed by atoms with Gasteiger partial charge in [0.1, 0.15) is 17.1 Å². The first kappa shape index (κ1) is 20.1. The summed E-state index contributed by atoms with van der Waals surface area (Å²) in [5.41, 5.74) is 3.88. The van der Waals surface area contributed by atoms with Gasteiger partial charge >= 0.3 is 5.97 Å². The standard InChI is InChI=1S/C25H25FN2O3S/c26-18-1-4-22(15(10-18)9-16-12-28-7-5-14(16)6-8-28)32-27-21-3-2-19-20-11-17(20)13-31-24(19)23(21)25(29)30/h1-4,9-10,14,17,20,27H,5-8,11-13H2,(H,29,30)/b16-9-/t17-,20?/m0/s1. The molecule has 1 aliphatic carbocycles. The number of carbonyl (C=O) groups is 1. The zero-order valence-corrected chi connectivity index (χ0v) is 18.5. The number of carboxylic acid groups (broad SMARTS) is 1. The van der Waals surface area contributed by atoms with Crippen LogP contribution < -0.4 is 9.46 Å². The minimum absolute atomic E-state index is 0.180. The van der Waals surface area contributed by atoms with E-state index in [0.717, 1.165) is 42.1 Å². The lowest BCUT2D eigenvalue weighted by Crippen LogP contribution is -2.42. The molecule has 2 atom stereocenters. The summed E-state index contributed by atoms with van der Waals surface area (Å²) in [6, 6.07) is 8.58. The normalized spacial score (nSPS) is 28.6. The van der Waals surface area contributed by atoms with Crippen LogP contribution in [0.5, 0.6) is 5.75 Å². The molecule has 2 aromatic rings. The summed E-state index contributed by atoms with van der Waals surface area (Å²) in [7, 11) is 0. The summed E-state index contributed by atoms with van der Waals surface area (Å²) in [6.07, 6.45) is 5.53. The van der Waals surface area contributed by atoms with E-state index >= 15 is 0 Å². The number of hydrogen-bond donors (Lipinski definition) is 2. The van der Waals surface area contributed by atoms with E-state index in [-0.39, 0.29) is 11.4 Å². The second-order valence-corrected chi connectivity index (χ2v) is 10.1. The van der Waals surface area contributed by atoms with Gasteiger partial charge in [0.25, 0.3) is 0 Å². The highest BCUT2D eigenvalue weighted by molar-refractivity contribution is 8.00. The van der Waals surface area contributed by atoms with E-state index in [1.165, 1.54) is 36.4 Å². The maximum Gasteiger partial charge on any atom is 0.341 e. The van der Waals surface area contributed by atoms with Crippen LogP contribution in [0.2, 0.25) is 0 Å². The van der Waals surface area contributed by atoms with E-state index in [1.54, 1.807) is 12.1 Å². The Bertz CT molecular complexity index is 1130. The fraction of sp³-hybridized carbons (Fsp3) is 0.400. The second-order valence-electron chi connectivity index (χ2n) is 9.28. The number of rotatable bonds is 5. The number of anilines is 1. The van der Waals surface area contributed by atoms with Gasteiger partial charge in [-0.3, -0.25) is 4.90 Å². The predicted molar refractivity (Wildman–Crippen MR) is 123 cm³/mol. The Hall–Kier alpha value is -2.51. The molecule has 5 aliphatic rings. The van der Waals surface area contributed by atoms with Gasteiger partial charge in [-0.25, -0.2) is 9.18 Å². The number of hydrogen-bond acceptors (Lipinski definition) is 5. The van der Waals surface area contributed by atoms with Crippen molar-refractivity contribution in [2.45, 2.75) is 30.1 Å². The lowest BCUT2D eigenvalue weighted by molar-refractivity contribution is 0.0692. The Morgan fingerprint density at radius 1 is 1.25 bits per heavy atom. The highest BCUT2D eigenvalue weighted by Gasteiger charge is 2.45. The predicted octanol–water partition coefficient (Wildman–Crippen LogP) is 5.25. The van der Waals surface area contributed by atoms with Gasteiger partial charge in [-0.05, 0) is 91.5 Å². The average Bonchev–Trinajstić information content (AvgIpc) is 3.59. The van der Waals surface area contributed by atoms with Crippen LogP contribution in [0.3, 0.4) is 0 Å². The molecule has 0 spiro atoms. The van der Waals surface area contributed by atoms with Crippen molar-refractivity contribution in [3.63, 3.8) is 0 Å². The van der Waals surface area contributed by atoms with Crippen molar-refractivity contribution >= 4 is 29.7 Å². The molecule has 32 heavy (non-hydrogen) atoms. The number of piperidine rings is 3. The zero-order chi connectivity index (χ0) is 21.8. The third-order valence-electron chi connectivity index (χ3n) is 7.27. The summed E-state index contributed by atoms with van der Waals surface area (Å²) in [4.78, 5) is 15.4. The molecule has 2 N–H and O–H groups in total. The summed E-state index contributed by atoms with van der Waals surface area (Å²) in [5, 5.41) is 9.89. The maximum absolute atomic E-state index is 14.1. The SMILES string of the molecule is O=C(O)c1c(NSc2ccc(F)cc2/C=C2/CN3CCC2CC3)ccc2c1OC[C@@H]1CC21. The van der Waals surface area contributed by atoms with Gasteiger partial charge in [0, 0.05) is 17.4 Å². The molecule has 0 radical (unpaired) electrons. The van der Waals surface area contributed by atoms with E-state index in [0.29, 0.717) is 35.8 Å². The van der Waals surface area contributed by atoms with Crippen molar-refractivity contribution in [3.8, 4) is 5.75 Å². The third-order valence-corrected chi connectivity index (χ3v) is 8.18. The highest BCUT2D eigenvalue weighted by atomic mass is 32.2. The number of nitrogens with one attached hydrogen (secondary N) is 1. The molecule has 3 saturated heterocycles. The Kier molecular flexibility index (Phi) is 4.91. The van der Waals surface area contributed by atoms with Crippen molar-refractivity contribution in [2.75, 3.05) is 31.0 Å². The van der Waals surface area contributed by atoms with Crippen LogP contribution in [0, 0.1) is 17.7 Å². The molecule has 7 heteroatoms. The third kappa shape index (κ3) is 3.57. The molecule has 4 fully saturated rings. The summed E-state index contributed by atoms with van der Waals surface area (Å²) < 4.78 is 23.1. The molecule has 5 nitrogen and oxygen atoms in total. The molecule has 4 aliphatic heterocycles. The van der Waals surface area contributed by atoms with Crippen molar-refractivity contribution < 1.29 is 19.0 Å². The topological polar surface area (TPSA) is 61.8 Å². The number of halogens is 1. The van der Waals surface area contributed by atoms with Crippen LogP contribution in [-0.2, 0) is 0 Å². The second kappa shape index (κ2) is 7.81. The van der Waals surface area contributed by atoms with E-state index in [9.17, 15) is 14.3 Å². The number of nitrogens with zero attached hydrogens (tertiary/aromatic N) is 1. The van der Waals surface area contributed by atoms with Gasteiger partial charge in [-0.1, -0.05) is 17.7 Å². The molecule has 1 saturated carbocycles. The minimum Gasteiger partial charge on any atom is -0.492 e. The first-order chi connectivity index (χ1) is 15.6. The first-order valence-corrected chi connectivity index (χ1v) is 12.1. The summed E-state index contributed by atoms with van der Waals surface area (Å²) in [5.74, 6) is 0.758.